The molecule has 0 radical (unpaired) electrons. The Morgan fingerprint density at radius 2 is 1.85 bits per heavy atom. The zero-order valence-corrected chi connectivity index (χ0v) is 16.1. The van der Waals surface area contributed by atoms with Crippen molar-refractivity contribution in [3.05, 3.63) is 52.8 Å². The van der Waals surface area contributed by atoms with Gasteiger partial charge in [-0.05, 0) is 30.3 Å². The first kappa shape index (κ1) is 19.5. The molecule has 0 atom stereocenters. The Hall–Kier alpha value is -2.30. The summed E-state index contributed by atoms with van der Waals surface area (Å²) in [4.78, 5) is -0.00642. The third-order valence-electron chi connectivity index (χ3n) is 3.77. The lowest BCUT2D eigenvalue weighted by Crippen LogP contribution is -2.20. The Morgan fingerprint density at radius 3 is 2.48 bits per heavy atom. The average Bonchev–Trinajstić information content (AvgIpc) is 2.96. The van der Waals surface area contributed by atoms with Crippen molar-refractivity contribution in [2.75, 3.05) is 20.8 Å². The van der Waals surface area contributed by atoms with Gasteiger partial charge in [-0.25, -0.2) is 8.78 Å². The number of fused-ring (bicyclic) bond motifs is 1. The Balaban J connectivity index is 2.20. The van der Waals surface area contributed by atoms with E-state index in [0.717, 1.165) is 23.5 Å². The van der Waals surface area contributed by atoms with E-state index < -0.39 is 21.7 Å². The topological polar surface area (TPSA) is 69.9 Å². The molecule has 1 aromatic heterocycles. The molecule has 0 saturated heterocycles. The van der Waals surface area contributed by atoms with Gasteiger partial charge >= 0.3 is 0 Å². The number of methoxy groups -OCH3 is 2. The van der Waals surface area contributed by atoms with Crippen molar-refractivity contribution in [1.82, 2.24) is 4.57 Å². The van der Waals surface area contributed by atoms with E-state index in [2.05, 4.69) is 4.40 Å². The molecular weight excluding hydrogens is 398 g/mol. The van der Waals surface area contributed by atoms with E-state index in [1.165, 1.54) is 43.1 Å². The van der Waals surface area contributed by atoms with E-state index in [-0.39, 0.29) is 33.1 Å². The molecular formula is C17H16F2N2O4S2. The molecule has 0 aliphatic heterocycles. The van der Waals surface area contributed by atoms with Crippen LogP contribution < -0.4 is 9.54 Å². The minimum atomic E-state index is -4.05. The molecule has 0 bridgehead atoms. The highest BCUT2D eigenvalue weighted by Crippen LogP contribution is 2.23. The van der Waals surface area contributed by atoms with Gasteiger partial charge in [0.05, 0.1) is 28.8 Å². The van der Waals surface area contributed by atoms with Crippen LogP contribution in [-0.2, 0) is 21.3 Å². The first-order valence-corrected chi connectivity index (χ1v) is 10.0. The van der Waals surface area contributed by atoms with Crippen molar-refractivity contribution >= 4 is 31.6 Å². The molecule has 0 aliphatic rings. The number of halogens is 2. The summed E-state index contributed by atoms with van der Waals surface area (Å²) in [7, 11) is -1.12. The van der Waals surface area contributed by atoms with Gasteiger partial charge in [-0.15, -0.1) is 4.40 Å². The van der Waals surface area contributed by atoms with Crippen LogP contribution in [0.5, 0.6) is 5.75 Å². The van der Waals surface area contributed by atoms with E-state index in [4.69, 9.17) is 9.47 Å². The second-order valence-corrected chi connectivity index (χ2v) is 8.12. The van der Waals surface area contributed by atoms with Crippen LogP contribution in [0, 0.1) is 11.6 Å². The van der Waals surface area contributed by atoms with Gasteiger partial charge < -0.3 is 14.0 Å². The molecule has 0 amide bonds. The highest BCUT2D eigenvalue weighted by molar-refractivity contribution is 7.90. The van der Waals surface area contributed by atoms with E-state index in [9.17, 15) is 17.2 Å². The number of hydrogen-bond acceptors (Lipinski definition) is 5. The lowest BCUT2D eigenvalue weighted by molar-refractivity contribution is 0.187. The molecule has 3 rings (SSSR count). The van der Waals surface area contributed by atoms with Gasteiger partial charge in [0, 0.05) is 19.7 Å². The van der Waals surface area contributed by atoms with Gasteiger partial charge in [0.15, 0.2) is 5.82 Å². The molecule has 6 nitrogen and oxygen atoms in total. The quantitative estimate of drug-likeness (QED) is 0.622. The smallest absolute Gasteiger partial charge is 0.285 e. The average molecular weight is 414 g/mol. The third kappa shape index (κ3) is 4.02. The van der Waals surface area contributed by atoms with Crippen molar-refractivity contribution < 1.29 is 26.7 Å². The fourth-order valence-corrected chi connectivity index (χ4v) is 4.79. The molecule has 144 valence electrons. The summed E-state index contributed by atoms with van der Waals surface area (Å²) in [5, 5.41) is 0. The van der Waals surface area contributed by atoms with E-state index in [1.54, 1.807) is 0 Å². The second-order valence-electron chi connectivity index (χ2n) is 5.51. The summed E-state index contributed by atoms with van der Waals surface area (Å²) in [5.41, 5.74) is 0.0853. The van der Waals surface area contributed by atoms with E-state index in [1.807, 2.05) is 0 Å². The number of rotatable bonds is 6. The maximum atomic E-state index is 14.3. The molecule has 0 saturated carbocycles. The number of thiazole rings is 1. The summed E-state index contributed by atoms with van der Waals surface area (Å²) < 4.78 is 68.6. The summed E-state index contributed by atoms with van der Waals surface area (Å²) in [6.45, 7) is 0.369. The summed E-state index contributed by atoms with van der Waals surface area (Å²) in [6, 6.07) is 7.63. The first-order chi connectivity index (χ1) is 12.9. The standard InChI is InChI=1S/C17H16F2N2O4S2/c1-24-8-7-21-16-14(19)9-11(18)10-15(16)26-17(21)20-27(22,23)13-5-3-12(25-2)4-6-13/h3-6,9-10H,7-8H2,1-2H3/b20-17-. The number of benzene rings is 2. The molecule has 0 spiro atoms. The lowest BCUT2D eigenvalue weighted by Gasteiger charge is -2.05. The van der Waals surface area contributed by atoms with Gasteiger partial charge in [-0.1, -0.05) is 11.3 Å². The minimum Gasteiger partial charge on any atom is -0.497 e. The normalized spacial score (nSPS) is 12.7. The van der Waals surface area contributed by atoms with Crippen LogP contribution in [0.3, 0.4) is 0 Å². The first-order valence-electron chi connectivity index (χ1n) is 7.78. The minimum absolute atomic E-state index is 0.0300. The number of ether oxygens (including phenoxy) is 2. The number of nitrogens with zero attached hydrogens (tertiary/aromatic N) is 2. The highest BCUT2D eigenvalue weighted by Gasteiger charge is 2.17. The monoisotopic (exact) mass is 414 g/mol. The van der Waals surface area contributed by atoms with Gasteiger partial charge in [0.1, 0.15) is 11.6 Å². The Kier molecular flexibility index (Phi) is 5.59. The summed E-state index contributed by atoms with van der Waals surface area (Å²) in [6.07, 6.45) is 0. The van der Waals surface area contributed by atoms with Crippen molar-refractivity contribution in [2.24, 2.45) is 4.40 Å². The van der Waals surface area contributed by atoms with Crippen molar-refractivity contribution in [3.8, 4) is 5.75 Å². The second kappa shape index (κ2) is 7.75. The van der Waals surface area contributed by atoms with Gasteiger partial charge in [-0.2, -0.15) is 8.42 Å². The molecule has 3 aromatic rings. The maximum Gasteiger partial charge on any atom is 0.285 e. The van der Waals surface area contributed by atoms with Crippen molar-refractivity contribution in [2.45, 2.75) is 11.4 Å². The fourth-order valence-electron chi connectivity index (χ4n) is 2.49. The molecule has 2 aromatic carbocycles. The van der Waals surface area contributed by atoms with Crippen molar-refractivity contribution in [1.29, 1.82) is 0 Å². The summed E-state index contributed by atoms with van der Waals surface area (Å²) >= 11 is 0.889. The van der Waals surface area contributed by atoms with Crippen LogP contribution in [0.2, 0.25) is 0 Å². The van der Waals surface area contributed by atoms with Gasteiger partial charge in [0.2, 0.25) is 4.80 Å². The molecule has 27 heavy (non-hydrogen) atoms. The van der Waals surface area contributed by atoms with E-state index in [0.29, 0.717) is 5.75 Å². The number of aromatic nitrogens is 1. The van der Waals surface area contributed by atoms with E-state index >= 15 is 0 Å². The Labute approximate surface area is 158 Å². The highest BCUT2D eigenvalue weighted by atomic mass is 32.2. The fraction of sp³-hybridized carbons (Fsp3) is 0.235. The van der Waals surface area contributed by atoms with Crippen molar-refractivity contribution in [3.63, 3.8) is 0 Å². The number of hydrogen-bond donors (Lipinski definition) is 0. The van der Waals surface area contributed by atoms with Crippen LogP contribution in [0.1, 0.15) is 0 Å². The Morgan fingerprint density at radius 1 is 1.15 bits per heavy atom. The molecule has 0 unspecified atom stereocenters. The predicted octanol–water partition coefficient (Wildman–Crippen LogP) is 2.93. The molecule has 0 N–H and O–H groups in total. The molecule has 1 heterocycles. The molecule has 10 heteroatoms. The Bertz CT molecular complexity index is 1140. The maximum absolute atomic E-state index is 14.3. The molecule has 0 aliphatic carbocycles. The van der Waals surface area contributed by atoms with Crippen LogP contribution >= 0.6 is 11.3 Å². The molecule has 0 fully saturated rings. The van der Waals surface area contributed by atoms with Crippen LogP contribution in [-0.4, -0.2) is 33.8 Å². The number of sulfonamides is 1. The van der Waals surface area contributed by atoms with Gasteiger partial charge in [0.25, 0.3) is 10.0 Å². The zero-order chi connectivity index (χ0) is 19.6. The van der Waals surface area contributed by atoms with Gasteiger partial charge in [-0.3, -0.25) is 0 Å². The summed E-state index contributed by atoms with van der Waals surface area (Å²) in [5.74, 6) is -1.03. The van der Waals surface area contributed by atoms with Crippen LogP contribution in [0.4, 0.5) is 8.78 Å². The SMILES string of the molecule is COCCn1/c(=N/S(=O)(=O)c2ccc(OC)cc2)sc2cc(F)cc(F)c21. The lowest BCUT2D eigenvalue weighted by atomic mass is 10.3. The van der Waals surface area contributed by atoms with Crippen LogP contribution in [0.15, 0.2) is 45.7 Å². The largest absolute Gasteiger partial charge is 0.497 e. The predicted molar refractivity (Wildman–Crippen MR) is 97.3 cm³/mol. The van der Waals surface area contributed by atoms with Crippen LogP contribution in [0.25, 0.3) is 10.2 Å². The third-order valence-corrected chi connectivity index (χ3v) is 6.19. The zero-order valence-electron chi connectivity index (χ0n) is 14.5.